The summed E-state index contributed by atoms with van der Waals surface area (Å²) in [6, 6.07) is 9.78. The molecule has 3 aromatic rings. The maximum absolute atomic E-state index is 5.79. The molecular formula is C15H16N4O. The standard InChI is InChI=1S/C15H16N4O/c1-3-11-9(2)17-15(18-14(11)19-16)13-8-10-6-4-5-7-12(10)20-13/h4-8H,3,16H2,1-2H3,(H,17,18,19). The normalized spacial score (nSPS) is 10.9. The van der Waals surface area contributed by atoms with Crippen LogP contribution in [0.2, 0.25) is 0 Å². The molecular weight excluding hydrogens is 252 g/mol. The number of nitrogens with two attached hydrogens (primary N) is 1. The van der Waals surface area contributed by atoms with Crippen LogP contribution >= 0.6 is 0 Å². The average molecular weight is 268 g/mol. The van der Waals surface area contributed by atoms with Crippen LogP contribution in [0.5, 0.6) is 0 Å². The summed E-state index contributed by atoms with van der Waals surface area (Å²) in [6.45, 7) is 4.00. The summed E-state index contributed by atoms with van der Waals surface area (Å²) in [5.74, 6) is 7.39. The van der Waals surface area contributed by atoms with Crippen LogP contribution in [0, 0.1) is 6.92 Å². The molecule has 0 amide bonds. The van der Waals surface area contributed by atoms with Gasteiger partial charge in [0.15, 0.2) is 11.6 Å². The fourth-order valence-electron chi connectivity index (χ4n) is 2.34. The number of nitrogen functional groups attached to an aromatic ring is 1. The van der Waals surface area contributed by atoms with Crippen LogP contribution in [0.4, 0.5) is 5.82 Å². The number of aryl methyl sites for hydroxylation is 1. The minimum atomic E-state index is 0.545. The van der Waals surface area contributed by atoms with E-state index >= 15 is 0 Å². The van der Waals surface area contributed by atoms with Crippen molar-refractivity contribution in [3.05, 3.63) is 41.6 Å². The summed E-state index contributed by atoms with van der Waals surface area (Å²) in [5, 5.41) is 1.03. The van der Waals surface area contributed by atoms with Crippen molar-refractivity contribution in [1.82, 2.24) is 9.97 Å². The zero-order valence-electron chi connectivity index (χ0n) is 11.5. The van der Waals surface area contributed by atoms with Gasteiger partial charge in [-0.05, 0) is 25.5 Å². The van der Waals surface area contributed by atoms with Gasteiger partial charge in [-0.15, -0.1) is 0 Å². The number of rotatable bonds is 3. The lowest BCUT2D eigenvalue weighted by Crippen LogP contribution is -2.13. The summed E-state index contributed by atoms with van der Waals surface area (Å²) in [6.07, 6.45) is 0.825. The van der Waals surface area contributed by atoms with E-state index in [4.69, 9.17) is 10.3 Å². The Hall–Kier alpha value is -2.40. The van der Waals surface area contributed by atoms with Crippen LogP contribution in [0.15, 0.2) is 34.7 Å². The molecule has 2 heterocycles. The van der Waals surface area contributed by atoms with Crippen LogP contribution < -0.4 is 11.3 Å². The van der Waals surface area contributed by atoms with Crippen LogP contribution in [0.3, 0.4) is 0 Å². The third-order valence-electron chi connectivity index (χ3n) is 3.35. The summed E-state index contributed by atoms with van der Waals surface area (Å²) in [7, 11) is 0. The van der Waals surface area contributed by atoms with Crippen molar-refractivity contribution in [1.29, 1.82) is 0 Å². The van der Waals surface area contributed by atoms with Crippen molar-refractivity contribution in [2.75, 3.05) is 5.43 Å². The predicted octanol–water partition coefficient (Wildman–Crippen LogP) is 3.05. The van der Waals surface area contributed by atoms with Gasteiger partial charge in [-0.1, -0.05) is 25.1 Å². The molecule has 5 nitrogen and oxygen atoms in total. The Bertz CT molecular complexity index is 731. The van der Waals surface area contributed by atoms with Gasteiger partial charge in [0.05, 0.1) is 0 Å². The fourth-order valence-corrected chi connectivity index (χ4v) is 2.34. The summed E-state index contributed by atoms with van der Waals surface area (Å²) in [4.78, 5) is 8.97. The Morgan fingerprint density at radius 3 is 2.75 bits per heavy atom. The molecule has 1 aromatic carbocycles. The number of nitrogens with one attached hydrogen (secondary N) is 1. The average Bonchev–Trinajstić information content (AvgIpc) is 2.90. The number of para-hydroxylation sites is 1. The highest BCUT2D eigenvalue weighted by atomic mass is 16.3. The van der Waals surface area contributed by atoms with E-state index in [1.165, 1.54) is 0 Å². The van der Waals surface area contributed by atoms with E-state index in [9.17, 15) is 0 Å². The van der Waals surface area contributed by atoms with Gasteiger partial charge in [0, 0.05) is 16.6 Å². The zero-order valence-corrected chi connectivity index (χ0v) is 11.5. The molecule has 0 radical (unpaired) electrons. The molecule has 0 unspecified atom stereocenters. The molecule has 3 rings (SSSR count). The minimum absolute atomic E-state index is 0.545. The van der Waals surface area contributed by atoms with Gasteiger partial charge in [-0.25, -0.2) is 15.8 Å². The summed E-state index contributed by atoms with van der Waals surface area (Å²) >= 11 is 0. The molecule has 0 aliphatic carbocycles. The molecule has 0 atom stereocenters. The maximum Gasteiger partial charge on any atom is 0.197 e. The second-order valence-electron chi connectivity index (χ2n) is 4.61. The first-order valence-electron chi connectivity index (χ1n) is 6.56. The Balaban J connectivity index is 2.16. The Morgan fingerprint density at radius 1 is 1.25 bits per heavy atom. The van der Waals surface area contributed by atoms with Crippen LogP contribution in [-0.2, 0) is 6.42 Å². The van der Waals surface area contributed by atoms with E-state index in [-0.39, 0.29) is 0 Å². The number of hydrogen-bond acceptors (Lipinski definition) is 5. The highest BCUT2D eigenvalue weighted by Gasteiger charge is 2.14. The number of anilines is 1. The van der Waals surface area contributed by atoms with E-state index < -0.39 is 0 Å². The van der Waals surface area contributed by atoms with Gasteiger partial charge in [-0.3, -0.25) is 0 Å². The molecule has 102 valence electrons. The van der Waals surface area contributed by atoms with Gasteiger partial charge in [0.1, 0.15) is 11.4 Å². The quantitative estimate of drug-likeness (QED) is 0.564. The smallest absolute Gasteiger partial charge is 0.197 e. The van der Waals surface area contributed by atoms with E-state index in [0.717, 1.165) is 28.6 Å². The van der Waals surface area contributed by atoms with Crippen molar-refractivity contribution in [2.24, 2.45) is 5.84 Å². The lowest BCUT2D eigenvalue weighted by molar-refractivity contribution is 0.624. The first-order valence-corrected chi connectivity index (χ1v) is 6.56. The number of benzene rings is 1. The van der Waals surface area contributed by atoms with Gasteiger partial charge in [0.2, 0.25) is 0 Å². The first kappa shape index (κ1) is 12.6. The lowest BCUT2D eigenvalue weighted by Gasteiger charge is -2.09. The second kappa shape index (κ2) is 4.94. The lowest BCUT2D eigenvalue weighted by atomic mass is 10.1. The SMILES string of the molecule is CCc1c(C)nc(-c2cc3ccccc3o2)nc1NN. The minimum Gasteiger partial charge on any atom is -0.453 e. The maximum atomic E-state index is 5.79. The van der Waals surface area contributed by atoms with Gasteiger partial charge < -0.3 is 9.84 Å². The summed E-state index contributed by atoms with van der Waals surface area (Å²) < 4.78 is 5.79. The Labute approximate surface area is 116 Å². The molecule has 0 bridgehead atoms. The molecule has 2 aromatic heterocycles. The topological polar surface area (TPSA) is 77.0 Å². The van der Waals surface area contributed by atoms with Crippen LogP contribution in [0.1, 0.15) is 18.2 Å². The van der Waals surface area contributed by atoms with Crippen molar-refractivity contribution < 1.29 is 4.42 Å². The number of fused-ring (bicyclic) bond motifs is 1. The van der Waals surface area contributed by atoms with E-state index in [0.29, 0.717) is 17.4 Å². The van der Waals surface area contributed by atoms with Crippen molar-refractivity contribution in [2.45, 2.75) is 20.3 Å². The molecule has 20 heavy (non-hydrogen) atoms. The van der Waals surface area contributed by atoms with E-state index in [2.05, 4.69) is 15.4 Å². The monoisotopic (exact) mass is 268 g/mol. The molecule has 0 aliphatic heterocycles. The van der Waals surface area contributed by atoms with Gasteiger partial charge in [-0.2, -0.15) is 0 Å². The highest BCUT2D eigenvalue weighted by Crippen LogP contribution is 2.27. The molecule has 0 saturated carbocycles. The second-order valence-corrected chi connectivity index (χ2v) is 4.61. The molecule has 3 N–H and O–H groups in total. The van der Waals surface area contributed by atoms with Crippen LogP contribution in [-0.4, -0.2) is 9.97 Å². The number of nitrogens with zero attached hydrogens (tertiary/aromatic N) is 2. The third-order valence-corrected chi connectivity index (χ3v) is 3.35. The first-order chi connectivity index (χ1) is 9.72. The number of furan rings is 1. The predicted molar refractivity (Wildman–Crippen MR) is 79.2 cm³/mol. The number of hydrazine groups is 1. The molecule has 0 aliphatic rings. The van der Waals surface area contributed by atoms with E-state index in [1.807, 2.05) is 44.2 Å². The zero-order chi connectivity index (χ0) is 14.1. The number of aromatic nitrogens is 2. The fraction of sp³-hybridized carbons (Fsp3) is 0.200. The largest absolute Gasteiger partial charge is 0.453 e. The van der Waals surface area contributed by atoms with E-state index in [1.54, 1.807) is 0 Å². The Morgan fingerprint density at radius 2 is 2.05 bits per heavy atom. The van der Waals surface area contributed by atoms with Crippen molar-refractivity contribution in [3.8, 4) is 11.6 Å². The van der Waals surface area contributed by atoms with Crippen molar-refractivity contribution >= 4 is 16.8 Å². The number of hydrogen-bond donors (Lipinski definition) is 2. The van der Waals surface area contributed by atoms with Crippen LogP contribution in [0.25, 0.3) is 22.6 Å². The summed E-state index contributed by atoms with van der Waals surface area (Å²) in [5.41, 5.74) is 5.39. The third kappa shape index (κ3) is 2.02. The highest BCUT2D eigenvalue weighted by molar-refractivity contribution is 5.81. The molecule has 5 heteroatoms. The molecule has 0 saturated heterocycles. The van der Waals surface area contributed by atoms with Crippen molar-refractivity contribution in [3.63, 3.8) is 0 Å². The van der Waals surface area contributed by atoms with Gasteiger partial charge >= 0.3 is 0 Å². The molecule has 0 spiro atoms. The molecule has 0 fully saturated rings. The van der Waals surface area contributed by atoms with Gasteiger partial charge in [0.25, 0.3) is 0 Å². The Kier molecular flexibility index (Phi) is 3.12.